The minimum atomic E-state index is -0.279. The van der Waals surface area contributed by atoms with Crippen molar-refractivity contribution in [2.45, 2.75) is 25.4 Å². The first-order valence-electron chi connectivity index (χ1n) is 7.93. The first-order chi connectivity index (χ1) is 11.7. The quantitative estimate of drug-likeness (QED) is 0.851. The Balaban J connectivity index is 1.53. The van der Waals surface area contributed by atoms with E-state index >= 15 is 0 Å². The average Bonchev–Trinajstić information content (AvgIpc) is 3.29. The molecule has 1 saturated heterocycles. The van der Waals surface area contributed by atoms with Crippen molar-refractivity contribution in [2.24, 2.45) is 0 Å². The van der Waals surface area contributed by atoms with E-state index in [2.05, 4.69) is 16.4 Å². The third kappa shape index (κ3) is 4.08. The van der Waals surface area contributed by atoms with Crippen molar-refractivity contribution in [3.05, 3.63) is 64.6 Å². The van der Waals surface area contributed by atoms with Crippen molar-refractivity contribution in [1.29, 1.82) is 0 Å². The number of rotatable bonds is 5. The van der Waals surface area contributed by atoms with Crippen LogP contribution in [0.4, 0.5) is 0 Å². The summed E-state index contributed by atoms with van der Waals surface area (Å²) in [5.41, 5.74) is 0.919. The highest BCUT2D eigenvalue weighted by molar-refractivity contribution is 7.10. The molecule has 2 aromatic rings. The van der Waals surface area contributed by atoms with Crippen LogP contribution in [0.25, 0.3) is 0 Å². The summed E-state index contributed by atoms with van der Waals surface area (Å²) >= 11 is 1.67. The fourth-order valence-corrected chi connectivity index (χ4v) is 3.67. The number of hydrogen-bond donors (Lipinski definition) is 1. The highest BCUT2D eigenvalue weighted by atomic mass is 32.1. The van der Waals surface area contributed by atoms with E-state index in [-0.39, 0.29) is 17.9 Å². The molecule has 0 radical (unpaired) electrons. The van der Waals surface area contributed by atoms with Gasteiger partial charge in [0.15, 0.2) is 0 Å². The van der Waals surface area contributed by atoms with E-state index in [1.165, 1.54) is 17.0 Å². The molecule has 3 rings (SSSR count). The van der Waals surface area contributed by atoms with Gasteiger partial charge >= 0.3 is 0 Å². The smallest absolute Gasteiger partial charge is 0.247 e. The molecule has 0 aliphatic carbocycles. The molecule has 0 spiro atoms. The predicted molar refractivity (Wildman–Crippen MR) is 93.2 cm³/mol. The Kier molecular flexibility index (Phi) is 5.38. The number of aromatic nitrogens is 1. The van der Waals surface area contributed by atoms with Crippen LogP contribution in [-0.2, 0) is 16.1 Å². The van der Waals surface area contributed by atoms with E-state index in [0.717, 1.165) is 24.9 Å². The van der Waals surface area contributed by atoms with Crippen LogP contribution in [0.3, 0.4) is 0 Å². The molecular weight excluding hydrogens is 322 g/mol. The Morgan fingerprint density at radius 1 is 1.33 bits per heavy atom. The van der Waals surface area contributed by atoms with Gasteiger partial charge in [-0.25, -0.2) is 0 Å². The molecule has 1 aliphatic heterocycles. The molecule has 124 valence electrons. The molecule has 2 amide bonds. The van der Waals surface area contributed by atoms with Gasteiger partial charge in [-0.3, -0.25) is 14.6 Å². The van der Waals surface area contributed by atoms with E-state index < -0.39 is 0 Å². The van der Waals surface area contributed by atoms with Gasteiger partial charge in [-0.2, -0.15) is 0 Å². The highest BCUT2D eigenvalue weighted by Crippen LogP contribution is 2.34. The molecule has 3 heterocycles. The molecule has 1 unspecified atom stereocenters. The van der Waals surface area contributed by atoms with Crippen LogP contribution in [0.5, 0.6) is 0 Å². The molecule has 0 aromatic carbocycles. The zero-order valence-corrected chi connectivity index (χ0v) is 14.0. The van der Waals surface area contributed by atoms with Crippen LogP contribution in [0.15, 0.2) is 54.2 Å². The van der Waals surface area contributed by atoms with Crippen molar-refractivity contribution in [2.75, 3.05) is 6.54 Å². The Morgan fingerprint density at radius 3 is 3.00 bits per heavy atom. The van der Waals surface area contributed by atoms with Crippen LogP contribution in [0, 0.1) is 0 Å². The van der Waals surface area contributed by atoms with Gasteiger partial charge in [0.05, 0.1) is 6.04 Å². The minimum absolute atomic E-state index is 0.109. The van der Waals surface area contributed by atoms with Gasteiger partial charge in [-0.05, 0) is 35.9 Å². The summed E-state index contributed by atoms with van der Waals surface area (Å²) < 4.78 is 0. The lowest BCUT2D eigenvalue weighted by atomic mass is 10.2. The summed E-state index contributed by atoms with van der Waals surface area (Å²) in [6, 6.07) is 7.91. The third-order valence-corrected chi connectivity index (χ3v) is 4.95. The predicted octanol–water partition coefficient (Wildman–Crippen LogP) is 2.68. The second kappa shape index (κ2) is 7.88. The molecule has 0 bridgehead atoms. The summed E-state index contributed by atoms with van der Waals surface area (Å²) in [5.74, 6) is -0.387. The monoisotopic (exact) mass is 341 g/mol. The van der Waals surface area contributed by atoms with Crippen molar-refractivity contribution in [1.82, 2.24) is 15.2 Å². The van der Waals surface area contributed by atoms with Gasteiger partial charge in [0.25, 0.3) is 0 Å². The first kappa shape index (κ1) is 16.4. The van der Waals surface area contributed by atoms with Gasteiger partial charge in [0, 0.05) is 42.5 Å². The zero-order valence-electron chi connectivity index (χ0n) is 13.2. The van der Waals surface area contributed by atoms with Gasteiger partial charge in [-0.15, -0.1) is 11.3 Å². The number of carbonyl (C=O) groups is 2. The second-order valence-corrected chi connectivity index (χ2v) is 6.60. The fourth-order valence-electron chi connectivity index (χ4n) is 2.80. The van der Waals surface area contributed by atoms with Gasteiger partial charge in [-0.1, -0.05) is 12.1 Å². The van der Waals surface area contributed by atoms with E-state index in [4.69, 9.17) is 0 Å². The van der Waals surface area contributed by atoms with Crippen LogP contribution in [-0.4, -0.2) is 28.2 Å². The molecule has 1 N–H and O–H groups in total. The molecule has 5 nitrogen and oxygen atoms in total. The third-order valence-electron chi connectivity index (χ3n) is 3.97. The Bertz CT molecular complexity index is 713. The van der Waals surface area contributed by atoms with Gasteiger partial charge in [0.1, 0.15) is 0 Å². The van der Waals surface area contributed by atoms with Crippen LogP contribution >= 0.6 is 11.3 Å². The molecule has 1 atom stereocenters. The van der Waals surface area contributed by atoms with Crippen LogP contribution in [0.2, 0.25) is 0 Å². The largest absolute Gasteiger partial charge is 0.348 e. The Labute approximate surface area is 145 Å². The van der Waals surface area contributed by atoms with Crippen molar-refractivity contribution in [3.8, 4) is 0 Å². The topological polar surface area (TPSA) is 62.3 Å². The van der Waals surface area contributed by atoms with Crippen molar-refractivity contribution >= 4 is 23.2 Å². The van der Waals surface area contributed by atoms with E-state index in [1.54, 1.807) is 23.7 Å². The second-order valence-electron chi connectivity index (χ2n) is 5.62. The fraction of sp³-hybridized carbons (Fsp3) is 0.278. The molecule has 2 aromatic heterocycles. The summed E-state index contributed by atoms with van der Waals surface area (Å²) in [5, 5.41) is 4.78. The lowest BCUT2D eigenvalue weighted by Crippen LogP contribution is -2.29. The number of thiophene rings is 1. The highest BCUT2D eigenvalue weighted by Gasteiger charge is 2.29. The van der Waals surface area contributed by atoms with Crippen molar-refractivity contribution < 1.29 is 9.59 Å². The molecular formula is C18H19N3O2S. The molecule has 6 heteroatoms. The van der Waals surface area contributed by atoms with Crippen LogP contribution < -0.4 is 5.32 Å². The molecule has 1 aliphatic rings. The molecule has 0 saturated carbocycles. The van der Waals surface area contributed by atoms with Gasteiger partial charge in [0.2, 0.25) is 11.8 Å². The maximum atomic E-state index is 12.4. The summed E-state index contributed by atoms with van der Waals surface area (Å²) in [6.07, 6.45) is 8.03. The Morgan fingerprint density at radius 2 is 2.25 bits per heavy atom. The number of nitrogens with one attached hydrogen (secondary N) is 1. The van der Waals surface area contributed by atoms with E-state index in [0.29, 0.717) is 6.54 Å². The van der Waals surface area contributed by atoms with E-state index in [1.807, 2.05) is 28.5 Å². The normalized spacial score (nSPS) is 17.3. The number of hydrogen-bond acceptors (Lipinski definition) is 4. The Hall–Kier alpha value is -2.47. The standard InChI is InChI=1S/C18H19N3O2S/c22-17(20-13-14-4-1-9-19-12-14)7-8-18(23)21-10-2-5-15(21)16-6-3-11-24-16/h1,3-4,6-9,11-12,15H,2,5,10,13H2,(H,20,22). The van der Waals surface area contributed by atoms with Gasteiger partial charge < -0.3 is 10.2 Å². The maximum Gasteiger partial charge on any atom is 0.247 e. The number of nitrogens with zero attached hydrogens (tertiary/aromatic N) is 2. The summed E-state index contributed by atoms with van der Waals surface area (Å²) in [7, 11) is 0. The number of amides is 2. The number of carbonyl (C=O) groups excluding carboxylic acids is 2. The van der Waals surface area contributed by atoms with Crippen molar-refractivity contribution in [3.63, 3.8) is 0 Å². The van der Waals surface area contributed by atoms with E-state index in [9.17, 15) is 9.59 Å². The summed E-state index contributed by atoms with van der Waals surface area (Å²) in [4.78, 5) is 31.3. The molecule has 24 heavy (non-hydrogen) atoms. The van der Waals surface area contributed by atoms with Crippen LogP contribution in [0.1, 0.15) is 29.3 Å². The summed E-state index contributed by atoms with van der Waals surface area (Å²) in [6.45, 7) is 1.13. The average molecular weight is 341 g/mol. The molecule has 1 fully saturated rings. The zero-order chi connectivity index (χ0) is 16.8. The number of pyridine rings is 1. The lowest BCUT2D eigenvalue weighted by molar-refractivity contribution is -0.127. The maximum absolute atomic E-state index is 12.4. The number of likely N-dealkylation sites (tertiary alicyclic amines) is 1. The lowest BCUT2D eigenvalue weighted by Gasteiger charge is -2.22. The SMILES string of the molecule is O=C(C=CC(=O)N1CCCC1c1cccs1)NCc1cccnc1. The first-order valence-corrected chi connectivity index (χ1v) is 8.81. The minimum Gasteiger partial charge on any atom is -0.348 e.